The number of hydrogen-bond acceptors (Lipinski definition) is 6. The normalized spacial score (nSPS) is 18.3. The molecule has 4 rings (SSSR count). The minimum absolute atomic E-state index is 0.0592. The van der Waals surface area contributed by atoms with Gasteiger partial charge in [-0.25, -0.2) is 0 Å². The molecule has 30 heavy (non-hydrogen) atoms. The van der Waals surface area contributed by atoms with Gasteiger partial charge in [0.15, 0.2) is 0 Å². The predicted octanol–water partition coefficient (Wildman–Crippen LogP) is 4.02. The van der Waals surface area contributed by atoms with Crippen molar-refractivity contribution in [3.05, 3.63) is 47.0 Å². The number of phenols is 2. The summed E-state index contributed by atoms with van der Waals surface area (Å²) in [6, 6.07) is 9.01. The van der Waals surface area contributed by atoms with Gasteiger partial charge in [0.05, 0.1) is 31.8 Å². The van der Waals surface area contributed by atoms with Crippen LogP contribution in [0.15, 0.2) is 30.3 Å². The van der Waals surface area contributed by atoms with Crippen molar-refractivity contribution in [2.45, 2.75) is 39.0 Å². The van der Waals surface area contributed by atoms with Gasteiger partial charge in [-0.1, -0.05) is 0 Å². The van der Waals surface area contributed by atoms with E-state index in [1.807, 2.05) is 6.07 Å². The molecule has 0 saturated carbocycles. The maximum Gasteiger partial charge on any atom is 0.135 e. The van der Waals surface area contributed by atoms with E-state index in [2.05, 4.69) is 19.2 Å². The monoisotopic (exact) mass is 409 g/mol. The maximum atomic E-state index is 11.0. The molecular weight excluding hydrogens is 382 g/mol. The maximum absolute atomic E-state index is 11.0. The molecule has 1 heterocycles. The predicted molar refractivity (Wildman–Crippen MR) is 116 cm³/mol. The summed E-state index contributed by atoms with van der Waals surface area (Å²) in [5.41, 5.74) is 3.98. The molecule has 0 unspecified atom stereocenters. The average Bonchev–Trinajstić information content (AvgIpc) is 2.72. The lowest BCUT2D eigenvalue weighted by Crippen LogP contribution is -2.36. The second-order valence-corrected chi connectivity index (χ2v) is 7.88. The Morgan fingerprint density at radius 2 is 1.80 bits per heavy atom. The number of hydrogen-bond donors (Lipinski definition) is 4. The summed E-state index contributed by atoms with van der Waals surface area (Å²) in [4.78, 5) is 0. The van der Waals surface area contributed by atoms with Crippen LogP contribution in [0.4, 0.5) is 0 Å². The topological polar surface area (TPSA) is 91.2 Å². The number of rotatable bonds is 4. The van der Waals surface area contributed by atoms with E-state index in [1.165, 1.54) is 7.11 Å². The second kappa shape index (κ2) is 7.70. The van der Waals surface area contributed by atoms with Gasteiger partial charge in [-0.15, -0.1) is 0 Å². The lowest BCUT2D eigenvalue weighted by molar-refractivity contribution is 0.281. The summed E-state index contributed by atoms with van der Waals surface area (Å²) < 4.78 is 11.3. The largest absolute Gasteiger partial charge is 0.507 e. The molecule has 0 radical (unpaired) electrons. The summed E-state index contributed by atoms with van der Waals surface area (Å²) in [6.07, 6.45) is 0.794. The summed E-state index contributed by atoms with van der Waals surface area (Å²) >= 11 is 0. The zero-order chi connectivity index (χ0) is 21.6. The molecule has 6 nitrogen and oxygen atoms in total. The summed E-state index contributed by atoms with van der Waals surface area (Å²) in [5, 5.41) is 36.0. The number of fused-ring (bicyclic) bond motifs is 2. The van der Waals surface area contributed by atoms with Gasteiger partial charge in [-0.05, 0) is 72.7 Å². The molecule has 1 aliphatic heterocycles. The third kappa shape index (κ3) is 3.13. The van der Waals surface area contributed by atoms with Crippen LogP contribution in [0.25, 0.3) is 21.9 Å². The standard InChI is InChI=1S/C24H27NO5/c1-12-7-15-10-19(28)23(24(30-4)21(15)13(2)25-12)16-5-6-18(27)22-17(16)8-14(11-26)9-20(22)29-3/h5-6,8-10,12-13,25-28H,7,11H2,1-4H3/t12-,13-/m1/s1. The van der Waals surface area contributed by atoms with Gasteiger partial charge in [0.25, 0.3) is 0 Å². The molecule has 2 atom stereocenters. The molecule has 0 fully saturated rings. The molecule has 3 aromatic carbocycles. The lowest BCUT2D eigenvalue weighted by Gasteiger charge is -2.32. The molecule has 158 valence electrons. The molecule has 0 amide bonds. The molecule has 0 spiro atoms. The molecule has 0 saturated heterocycles. The van der Waals surface area contributed by atoms with Crippen molar-refractivity contribution >= 4 is 10.8 Å². The molecular formula is C24H27NO5. The quantitative estimate of drug-likeness (QED) is 0.520. The van der Waals surface area contributed by atoms with Gasteiger partial charge < -0.3 is 30.1 Å². The van der Waals surface area contributed by atoms with Crippen LogP contribution < -0.4 is 14.8 Å². The molecule has 0 aromatic heterocycles. The highest BCUT2D eigenvalue weighted by atomic mass is 16.5. The Hall–Kier alpha value is -2.96. The fraction of sp³-hybridized carbons (Fsp3) is 0.333. The van der Waals surface area contributed by atoms with Crippen molar-refractivity contribution in [2.75, 3.05) is 14.2 Å². The zero-order valence-electron chi connectivity index (χ0n) is 17.6. The number of aliphatic hydroxyl groups is 1. The van der Waals surface area contributed by atoms with Crippen LogP contribution in [-0.4, -0.2) is 35.6 Å². The van der Waals surface area contributed by atoms with Gasteiger partial charge >= 0.3 is 0 Å². The third-order valence-corrected chi connectivity index (χ3v) is 5.87. The smallest absolute Gasteiger partial charge is 0.135 e. The first kappa shape index (κ1) is 20.3. The van der Waals surface area contributed by atoms with E-state index in [-0.39, 0.29) is 24.1 Å². The third-order valence-electron chi connectivity index (χ3n) is 5.87. The van der Waals surface area contributed by atoms with Crippen LogP contribution in [0, 0.1) is 0 Å². The molecule has 6 heteroatoms. The highest BCUT2D eigenvalue weighted by molar-refractivity contribution is 6.05. The van der Waals surface area contributed by atoms with Crippen LogP contribution in [0.2, 0.25) is 0 Å². The van der Waals surface area contributed by atoms with Gasteiger partial charge in [0.1, 0.15) is 23.0 Å². The molecule has 0 bridgehead atoms. The van der Waals surface area contributed by atoms with Crippen LogP contribution in [-0.2, 0) is 13.0 Å². The fourth-order valence-electron chi connectivity index (χ4n) is 4.68. The highest BCUT2D eigenvalue weighted by Gasteiger charge is 2.29. The van der Waals surface area contributed by atoms with E-state index in [1.54, 1.807) is 31.4 Å². The Kier molecular flexibility index (Phi) is 5.22. The molecule has 1 aliphatic rings. The van der Waals surface area contributed by atoms with E-state index in [4.69, 9.17) is 9.47 Å². The zero-order valence-corrected chi connectivity index (χ0v) is 17.6. The minimum atomic E-state index is -0.173. The Balaban J connectivity index is 2.09. The SMILES string of the molecule is COc1c(-c2ccc(O)c3c(OC)cc(CO)cc23)c(O)cc2c1[C@@H](C)N[C@H](C)C2. The Morgan fingerprint density at radius 1 is 1.03 bits per heavy atom. The Labute approximate surface area is 175 Å². The van der Waals surface area contributed by atoms with Crippen molar-refractivity contribution in [3.63, 3.8) is 0 Å². The first-order valence-corrected chi connectivity index (χ1v) is 10.0. The van der Waals surface area contributed by atoms with Crippen LogP contribution in [0.1, 0.15) is 36.6 Å². The summed E-state index contributed by atoms with van der Waals surface area (Å²) in [7, 11) is 3.12. The van der Waals surface area contributed by atoms with E-state index >= 15 is 0 Å². The fourth-order valence-corrected chi connectivity index (χ4v) is 4.68. The van der Waals surface area contributed by atoms with Crippen LogP contribution in [0.3, 0.4) is 0 Å². The number of ether oxygens (including phenoxy) is 2. The van der Waals surface area contributed by atoms with Crippen molar-refractivity contribution in [1.29, 1.82) is 0 Å². The number of aromatic hydroxyl groups is 2. The Morgan fingerprint density at radius 3 is 2.47 bits per heavy atom. The summed E-state index contributed by atoms with van der Waals surface area (Å²) in [5.74, 6) is 1.25. The second-order valence-electron chi connectivity index (χ2n) is 7.88. The molecule has 4 N–H and O–H groups in total. The van der Waals surface area contributed by atoms with Gasteiger partial charge in [-0.2, -0.15) is 0 Å². The van der Waals surface area contributed by atoms with E-state index in [0.29, 0.717) is 45.0 Å². The number of aliphatic hydroxyl groups excluding tert-OH is 1. The van der Waals surface area contributed by atoms with Crippen LogP contribution in [0.5, 0.6) is 23.0 Å². The van der Waals surface area contributed by atoms with Crippen molar-refractivity contribution in [3.8, 4) is 34.1 Å². The van der Waals surface area contributed by atoms with Crippen LogP contribution >= 0.6 is 0 Å². The number of benzene rings is 3. The minimum Gasteiger partial charge on any atom is -0.507 e. The van der Waals surface area contributed by atoms with Crippen molar-refractivity contribution < 1.29 is 24.8 Å². The number of methoxy groups -OCH3 is 2. The van der Waals surface area contributed by atoms with E-state index in [9.17, 15) is 15.3 Å². The van der Waals surface area contributed by atoms with Gasteiger partial charge in [0, 0.05) is 17.6 Å². The van der Waals surface area contributed by atoms with E-state index in [0.717, 1.165) is 17.5 Å². The van der Waals surface area contributed by atoms with Gasteiger partial charge in [0.2, 0.25) is 0 Å². The molecule has 3 aromatic rings. The van der Waals surface area contributed by atoms with Gasteiger partial charge in [-0.3, -0.25) is 0 Å². The average molecular weight is 409 g/mol. The number of nitrogens with one attached hydrogen (secondary N) is 1. The summed E-state index contributed by atoms with van der Waals surface area (Å²) in [6.45, 7) is 4.03. The lowest BCUT2D eigenvalue weighted by atomic mass is 9.85. The van der Waals surface area contributed by atoms with Crippen molar-refractivity contribution in [2.24, 2.45) is 0 Å². The van der Waals surface area contributed by atoms with Crippen molar-refractivity contribution in [1.82, 2.24) is 5.32 Å². The van der Waals surface area contributed by atoms with E-state index < -0.39 is 0 Å². The molecule has 0 aliphatic carbocycles. The first-order valence-electron chi connectivity index (χ1n) is 10.0. The Bertz CT molecular complexity index is 1120. The number of phenolic OH excluding ortho intramolecular Hbond substituents is 2. The highest BCUT2D eigenvalue weighted by Crippen LogP contribution is 2.49. The first-order chi connectivity index (χ1) is 14.4.